The largest absolute Gasteiger partial charge is 0.480 e. The number of nitrogens with one attached hydrogen (secondary N) is 1. The number of hydrogen-bond donors (Lipinski definition) is 2. The highest BCUT2D eigenvalue weighted by atomic mass is 35.5. The SMILES string of the molecule is CCC(NC(=O)CCc1nc(-c2ccc(Cl)cc2)no1)C(=O)O. The van der Waals surface area contributed by atoms with Crippen LogP contribution in [0.4, 0.5) is 0 Å². The van der Waals surface area contributed by atoms with Gasteiger partial charge in [-0.3, -0.25) is 4.79 Å². The molecule has 1 aromatic carbocycles. The Bertz CT molecular complexity index is 684. The maximum absolute atomic E-state index is 11.7. The molecule has 2 N–H and O–H groups in total. The van der Waals surface area contributed by atoms with Crippen molar-refractivity contribution in [1.29, 1.82) is 0 Å². The molecule has 0 aliphatic carbocycles. The summed E-state index contributed by atoms with van der Waals surface area (Å²) in [4.78, 5) is 26.8. The van der Waals surface area contributed by atoms with Gasteiger partial charge >= 0.3 is 5.97 Å². The monoisotopic (exact) mass is 337 g/mol. The Labute approximate surface area is 137 Å². The molecule has 0 spiro atoms. The van der Waals surface area contributed by atoms with E-state index in [1.807, 2.05) is 0 Å². The van der Waals surface area contributed by atoms with Crippen LogP contribution in [0.25, 0.3) is 11.4 Å². The molecule has 1 aromatic heterocycles. The van der Waals surface area contributed by atoms with Crippen molar-refractivity contribution in [2.75, 3.05) is 0 Å². The van der Waals surface area contributed by atoms with Crippen LogP contribution in [0.3, 0.4) is 0 Å². The average molecular weight is 338 g/mol. The molecule has 1 atom stereocenters. The molecule has 2 rings (SSSR count). The quantitative estimate of drug-likeness (QED) is 0.803. The van der Waals surface area contributed by atoms with E-state index in [1.54, 1.807) is 31.2 Å². The number of aryl methyl sites for hydroxylation is 1. The summed E-state index contributed by atoms with van der Waals surface area (Å²) in [6.07, 6.45) is 0.636. The fourth-order valence-electron chi connectivity index (χ4n) is 1.90. The Morgan fingerprint density at radius 3 is 2.65 bits per heavy atom. The normalized spacial score (nSPS) is 11.9. The van der Waals surface area contributed by atoms with Gasteiger partial charge in [-0.05, 0) is 30.7 Å². The lowest BCUT2D eigenvalue weighted by Gasteiger charge is -2.11. The molecular formula is C15H16ClN3O4. The van der Waals surface area contributed by atoms with E-state index in [4.69, 9.17) is 21.2 Å². The van der Waals surface area contributed by atoms with E-state index in [0.717, 1.165) is 5.56 Å². The minimum absolute atomic E-state index is 0.0754. The van der Waals surface area contributed by atoms with Crippen molar-refractivity contribution < 1.29 is 19.2 Å². The van der Waals surface area contributed by atoms with E-state index in [-0.39, 0.29) is 18.7 Å². The third kappa shape index (κ3) is 4.79. The summed E-state index contributed by atoms with van der Waals surface area (Å²) in [5, 5.41) is 15.8. The number of carbonyl (C=O) groups excluding carboxylic acids is 1. The van der Waals surface area contributed by atoms with Crippen molar-refractivity contribution in [2.45, 2.75) is 32.2 Å². The maximum atomic E-state index is 11.7. The van der Waals surface area contributed by atoms with Crippen molar-refractivity contribution in [3.63, 3.8) is 0 Å². The zero-order valence-electron chi connectivity index (χ0n) is 12.5. The van der Waals surface area contributed by atoms with Gasteiger partial charge in [-0.2, -0.15) is 4.98 Å². The van der Waals surface area contributed by atoms with Crippen molar-refractivity contribution in [2.24, 2.45) is 0 Å². The smallest absolute Gasteiger partial charge is 0.326 e. The number of carboxylic acid groups (broad SMARTS) is 1. The van der Waals surface area contributed by atoms with Gasteiger partial charge in [0.05, 0.1) is 0 Å². The fourth-order valence-corrected chi connectivity index (χ4v) is 2.02. The lowest BCUT2D eigenvalue weighted by Crippen LogP contribution is -2.40. The number of halogens is 1. The van der Waals surface area contributed by atoms with Crippen LogP contribution >= 0.6 is 11.6 Å². The van der Waals surface area contributed by atoms with Gasteiger partial charge in [-0.15, -0.1) is 0 Å². The van der Waals surface area contributed by atoms with Gasteiger partial charge in [0, 0.05) is 23.4 Å². The van der Waals surface area contributed by atoms with E-state index < -0.39 is 12.0 Å². The van der Waals surface area contributed by atoms with Crippen LogP contribution in [0.2, 0.25) is 5.02 Å². The first-order valence-electron chi connectivity index (χ1n) is 7.10. The minimum atomic E-state index is -1.05. The number of amides is 1. The predicted molar refractivity (Wildman–Crippen MR) is 82.9 cm³/mol. The summed E-state index contributed by atoms with van der Waals surface area (Å²) in [5.74, 6) is -0.698. The van der Waals surface area contributed by atoms with E-state index >= 15 is 0 Å². The predicted octanol–water partition coefficient (Wildman–Crippen LogP) is 2.30. The highest BCUT2D eigenvalue weighted by molar-refractivity contribution is 6.30. The van der Waals surface area contributed by atoms with Crippen molar-refractivity contribution in [3.8, 4) is 11.4 Å². The van der Waals surface area contributed by atoms with Gasteiger partial charge in [0.25, 0.3) is 0 Å². The number of rotatable bonds is 7. The second-order valence-electron chi connectivity index (χ2n) is 4.89. The first kappa shape index (κ1) is 17.0. The molecule has 7 nitrogen and oxygen atoms in total. The van der Waals surface area contributed by atoms with Gasteiger partial charge in [0.2, 0.25) is 17.6 Å². The molecule has 23 heavy (non-hydrogen) atoms. The molecule has 0 aliphatic heterocycles. The highest BCUT2D eigenvalue weighted by Gasteiger charge is 2.18. The molecule has 0 saturated carbocycles. The number of benzene rings is 1. The van der Waals surface area contributed by atoms with Crippen LogP contribution in [-0.4, -0.2) is 33.2 Å². The number of carboxylic acids is 1. The Morgan fingerprint density at radius 2 is 2.04 bits per heavy atom. The third-order valence-electron chi connectivity index (χ3n) is 3.18. The topological polar surface area (TPSA) is 105 Å². The Morgan fingerprint density at radius 1 is 1.35 bits per heavy atom. The maximum Gasteiger partial charge on any atom is 0.326 e. The Kier molecular flexibility index (Phi) is 5.70. The van der Waals surface area contributed by atoms with E-state index in [0.29, 0.717) is 23.2 Å². The summed E-state index contributed by atoms with van der Waals surface area (Å²) in [7, 11) is 0. The number of nitrogens with zero attached hydrogens (tertiary/aromatic N) is 2. The molecule has 2 aromatic rings. The summed E-state index contributed by atoms with van der Waals surface area (Å²) in [6, 6.07) is 6.09. The van der Waals surface area contributed by atoms with E-state index in [2.05, 4.69) is 15.5 Å². The molecule has 1 heterocycles. The zero-order valence-corrected chi connectivity index (χ0v) is 13.2. The summed E-state index contributed by atoms with van der Waals surface area (Å²) in [5.41, 5.74) is 0.755. The number of hydrogen-bond acceptors (Lipinski definition) is 5. The third-order valence-corrected chi connectivity index (χ3v) is 3.43. The van der Waals surface area contributed by atoms with E-state index in [9.17, 15) is 9.59 Å². The van der Waals surface area contributed by atoms with E-state index in [1.165, 1.54) is 0 Å². The lowest BCUT2D eigenvalue weighted by atomic mass is 10.2. The Balaban J connectivity index is 1.91. The number of aromatic nitrogens is 2. The zero-order chi connectivity index (χ0) is 16.8. The van der Waals surface area contributed by atoms with Crippen LogP contribution in [0.1, 0.15) is 25.7 Å². The molecule has 0 bridgehead atoms. The van der Waals surface area contributed by atoms with Crippen LogP contribution in [-0.2, 0) is 16.0 Å². The standard InChI is InChI=1S/C15H16ClN3O4/c1-2-11(15(21)22)17-12(20)7-8-13-18-14(19-23-13)9-3-5-10(16)6-4-9/h3-6,11H,2,7-8H2,1H3,(H,17,20)(H,21,22). The first-order valence-corrected chi connectivity index (χ1v) is 7.48. The van der Waals surface area contributed by atoms with Crippen LogP contribution in [0, 0.1) is 0 Å². The molecular weight excluding hydrogens is 322 g/mol. The minimum Gasteiger partial charge on any atom is -0.480 e. The lowest BCUT2D eigenvalue weighted by molar-refractivity contribution is -0.141. The Hall–Kier alpha value is -2.41. The fraction of sp³-hybridized carbons (Fsp3) is 0.333. The van der Waals surface area contributed by atoms with Gasteiger partial charge in [0.15, 0.2) is 0 Å². The molecule has 1 unspecified atom stereocenters. The molecule has 0 saturated heterocycles. The van der Waals surface area contributed by atoms with Gasteiger partial charge < -0.3 is 14.9 Å². The van der Waals surface area contributed by atoms with Gasteiger partial charge in [0.1, 0.15) is 6.04 Å². The van der Waals surface area contributed by atoms with Crippen LogP contribution in [0.5, 0.6) is 0 Å². The molecule has 0 fully saturated rings. The second-order valence-corrected chi connectivity index (χ2v) is 5.32. The molecule has 0 radical (unpaired) electrons. The number of carbonyl (C=O) groups is 2. The molecule has 8 heteroatoms. The van der Waals surface area contributed by atoms with Crippen molar-refractivity contribution in [1.82, 2.24) is 15.5 Å². The second kappa shape index (κ2) is 7.73. The highest BCUT2D eigenvalue weighted by Crippen LogP contribution is 2.18. The van der Waals surface area contributed by atoms with Crippen molar-refractivity contribution in [3.05, 3.63) is 35.2 Å². The number of aliphatic carboxylic acids is 1. The molecule has 0 aliphatic rings. The van der Waals surface area contributed by atoms with Crippen LogP contribution < -0.4 is 5.32 Å². The van der Waals surface area contributed by atoms with Crippen LogP contribution in [0.15, 0.2) is 28.8 Å². The summed E-state index contributed by atoms with van der Waals surface area (Å²) >= 11 is 5.81. The molecule has 1 amide bonds. The summed E-state index contributed by atoms with van der Waals surface area (Å²) in [6.45, 7) is 1.69. The average Bonchev–Trinajstić information content (AvgIpc) is 3.00. The molecule has 122 valence electrons. The van der Waals surface area contributed by atoms with Crippen molar-refractivity contribution >= 4 is 23.5 Å². The first-order chi connectivity index (χ1) is 11.0. The summed E-state index contributed by atoms with van der Waals surface area (Å²) < 4.78 is 5.09. The van der Waals surface area contributed by atoms with Gasteiger partial charge in [-0.1, -0.05) is 23.7 Å². The van der Waals surface area contributed by atoms with Gasteiger partial charge in [-0.25, -0.2) is 4.79 Å².